The molecule has 2 heterocycles. The second kappa shape index (κ2) is 7.11. The Bertz CT molecular complexity index is 1070. The van der Waals surface area contributed by atoms with Gasteiger partial charge in [0.25, 0.3) is 0 Å². The van der Waals surface area contributed by atoms with Crippen molar-refractivity contribution in [1.82, 2.24) is 5.32 Å². The largest absolute Gasteiger partial charge is 0.459 e. The average molecular weight is 380 g/mol. The molecule has 0 spiro atoms. The number of carbonyl (C=O) groups is 2. The number of para-hydroxylation sites is 1. The Balaban J connectivity index is 1.51. The van der Waals surface area contributed by atoms with Crippen LogP contribution in [0.15, 0.2) is 46.9 Å². The monoisotopic (exact) mass is 380 g/mol. The first kappa shape index (κ1) is 18.2. The predicted molar refractivity (Wildman–Crippen MR) is 105 cm³/mol. The van der Waals surface area contributed by atoms with Crippen molar-refractivity contribution in [2.75, 3.05) is 11.4 Å². The van der Waals surface area contributed by atoms with Crippen molar-refractivity contribution < 1.29 is 18.4 Å². The number of benzene rings is 2. The number of nitrogens with zero attached hydrogens (tertiary/aromatic N) is 1. The highest BCUT2D eigenvalue weighted by Gasteiger charge is 2.27. The van der Waals surface area contributed by atoms with E-state index in [-0.39, 0.29) is 24.2 Å². The van der Waals surface area contributed by atoms with Crippen molar-refractivity contribution >= 4 is 28.5 Å². The minimum absolute atomic E-state index is 0.0475. The summed E-state index contributed by atoms with van der Waals surface area (Å²) in [6.45, 7) is 3.60. The van der Waals surface area contributed by atoms with Crippen LogP contribution in [0.25, 0.3) is 11.0 Å². The summed E-state index contributed by atoms with van der Waals surface area (Å²) in [5.74, 6) is -0.0817. The van der Waals surface area contributed by atoms with E-state index in [0.717, 1.165) is 16.8 Å². The molecule has 144 valence electrons. The van der Waals surface area contributed by atoms with Crippen molar-refractivity contribution in [3.05, 3.63) is 65.2 Å². The summed E-state index contributed by atoms with van der Waals surface area (Å²) in [5, 5.41) is 3.58. The van der Waals surface area contributed by atoms with Gasteiger partial charge in [0.1, 0.15) is 23.7 Å². The summed E-state index contributed by atoms with van der Waals surface area (Å²) in [4.78, 5) is 26.5. The number of halogens is 1. The molecule has 2 amide bonds. The zero-order valence-corrected chi connectivity index (χ0v) is 15.8. The summed E-state index contributed by atoms with van der Waals surface area (Å²) in [5.41, 5.74) is 3.23. The Hall–Kier alpha value is -3.15. The zero-order chi connectivity index (χ0) is 19.8. The summed E-state index contributed by atoms with van der Waals surface area (Å²) in [6.07, 6.45) is 1.09. The van der Waals surface area contributed by atoms with Gasteiger partial charge in [0.15, 0.2) is 0 Å². The Kier molecular flexibility index (Phi) is 4.63. The summed E-state index contributed by atoms with van der Waals surface area (Å²) < 4.78 is 19.3. The maximum atomic E-state index is 13.5. The molecule has 6 heteroatoms. The van der Waals surface area contributed by atoms with Crippen LogP contribution < -0.4 is 10.2 Å². The lowest BCUT2D eigenvalue weighted by molar-refractivity contribution is -0.124. The quantitative estimate of drug-likeness (QED) is 0.743. The fourth-order valence-electron chi connectivity index (χ4n) is 3.79. The Labute approximate surface area is 162 Å². The van der Waals surface area contributed by atoms with Gasteiger partial charge >= 0.3 is 0 Å². The van der Waals surface area contributed by atoms with Gasteiger partial charge < -0.3 is 14.6 Å². The third-order valence-electron chi connectivity index (χ3n) is 5.20. The molecule has 0 fully saturated rings. The lowest BCUT2D eigenvalue weighted by Gasteiger charge is -2.29. The Morgan fingerprint density at radius 3 is 2.86 bits per heavy atom. The van der Waals surface area contributed by atoms with Crippen LogP contribution >= 0.6 is 0 Å². The molecule has 1 N–H and O–H groups in total. The summed E-state index contributed by atoms with van der Waals surface area (Å²) >= 11 is 0. The van der Waals surface area contributed by atoms with E-state index in [4.69, 9.17) is 4.42 Å². The van der Waals surface area contributed by atoms with E-state index in [1.54, 1.807) is 6.07 Å². The lowest BCUT2D eigenvalue weighted by Crippen LogP contribution is -2.43. The number of anilines is 1. The van der Waals surface area contributed by atoms with Crippen molar-refractivity contribution in [2.24, 2.45) is 0 Å². The number of fused-ring (bicyclic) bond motifs is 2. The third-order valence-corrected chi connectivity index (χ3v) is 5.20. The number of hydrogen-bond donors (Lipinski definition) is 1. The second-order valence-electron chi connectivity index (χ2n) is 7.13. The van der Waals surface area contributed by atoms with Crippen LogP contribution in [0.4, 0.5) is 10.1 Å². The fourth-order valence-corrected chi connectivity index (χ4v) is 3.79. The first-order valence-electron chi connectivity index (χ1n) is 9.30. The molecule has 0 bridgehead atoms. The van der Waals surface area contributed by atoms with Crippen molar-refractivity contribution in [3.63, 3.8) is 0 Å². The average Bonchev–Trinajstić information content (AvgIpc) is 3.00. The van der Waals surface area contributed by atoms with Gasteiger partial charge in [0.05, 0.1) is 6.04 Å². The highest BCUT2D eigenvalue weighted by atomic mass is 19.1. The van der Waals surface area contributed by atoms with Gasteiger partial charge in [0.2, 0.25) is 11.8 Å². The van der Waals surface area contributed by atoms with Gasteiger partial charge in [-0.15, -0.1) is 0 Å². The number of amides is 2. The van der Waals surface area contributed by atoms with E-state index in [0.29, 0.717) is 29.6 Å². The van der Waals surface area contributed by atoms with Crippen LogP contribution in [-0.2, 0) is 16.0 Å². The number of carbonyl (C=O) groups excluding carboxylic acids is 2. The van der Waals surface area contributed by atoms with Crippen LogP contribution in [0, 0.1) is 12.7 Å². The number of nitrogens with one attached hydrogen (secondary N) is 1. The second-order valence-corrected chi connectivity index (χ2v) is 7.13. The zero-order valence-electron chi connectivity index (χ0n) is 15.8. The molecule has 2 aromatic carbocycles. The molecule has 0 saturated heterocycles. The third kappa shape index (κ3) is 3.26. The number of hydrogen-bond acceptors (Lipinski definition) is 3. The van der Waals surface area contributed by atoms with Crippen LogP contribution in [-0.4, -0.2) is 18.4 Å². The molecule has 1 aliphatic rings. The van der Waals surface area contributed by atoms with Crippen molar-refractivity contribution in [1.29, 1.82) is 0 Å². The molecular weight excluding hydrogens is 359 g/mol. The molecule has 5 nitrogen and oxygen atoms in total. The van der Waals surface area contributed by atoms with Gasteiger partial charge in [-0.1, -0.05) is 18.2 Å². The fraction of sp³-hybridized carbons (Fsp3) is 0.273. The van der Waals surface area contributed by atoms with Gasteiger partial charge in [-0.3, -0.25) is 9.59 Å². The first-order chi connectivity index (χ1) is 13.4. The smallest absolute Gasteiger partial charge is 0.240 e. The highest BCUT2D eigenvalue weighted by Crippen LogP contribution is 2.30. The molecule has 3 aromatic rings. The Morgan fingerprint density at radius 2 is 2.04 bits per heavy atom. The van der Waals surface area contributed by atoms with E-state index >= 15 is 0 Å². The molecule has 1 unspecified atom stereocenters. The van der Waals surface area contributed by atoms with E-state index in [1.807, 2.05) is 38.1 Å². The first-order valence-corrected chi connectivity index (χ1v) is 9.30. The van der Waals surface area contributed by atoms with E-state index < -0.39 is 6.04 Å². The normalized spacial score (nSPS) is 14.8. The van der Waals surface area contributed by atoms with Crippen molar-refractivity contribution in [3.8, 4) is 0 Å². The topological polar surface area (TPSA) is 62.6 Å². The predicted octanol–water partition coefficient (Wildman–Crippen LogP) is 4.04. The molecular formula is C22H21FN2O3. The number of aryl methyl sites for hydroxylation is 2. The van der Waals surface area contributed by atoms with Gasteiger partial charge in [0, 0.05) is 23.1 Å². The molecule has 1 aromatic heterocycles. The lowest BCUT2D eigenvalue weighted by atomic mass is 10.0. The van der Waals surface area contributed by atoms with Crippen LogP contribution in [0.5, 0.6) is 0 Å². The molecule has 0 aliphatic carbocycles. The SMILES string of the molecule is Cc1c(C(C)NC(=O)CN2C(=O)CCc3ccccc32)oc2ccc(F)cc12. The maximum Gasteiger partial charge on any atom is 0.240 e. The summed E-state index contributed by atoms with van der Waals surface area (Å²) in [7, 11) is 0. The number of rotatable bonds is 4. The molecule has 28 heavy (non-hydrogen) atoms. The van der Waals surface area contributed by atoms with Crippen molar-refractivity contribution in [2.45, 2.75) is 32.7 Å². The minimum Gasteiger partial charge on any atom is -0.459 e. The van der Waals surface area contributed by atoms with Crippen LogP contribution in [0.2, 0.25) is 0 Å². The Morgan fingerprint density at radius 1 is 1.25 bits per heavy atom. The van der Waals surface area contributed by atoms with E-state index in [2.05, 4.69) is 5.32 Å². The summed E-state index contributed by atoms with van der Waals surface area (Å²) in [6, 6.07) is 11.6. The number of furan rings is 1. The van der Waals surface area contributed by atoms with Crippen LogP contribution in [0.3, 0.4) is 0 Å². The molecule has 4 rings (SSSR count). The van der Waals surface area contributed by atoms with E-state index in [9.17, 15) is 14.0 Å². The van der Waals surface area contributed by atoms with Gasteiger partial charge in [-0.25, -0.2) is 4.39 Å². The molecule has 1 atom stereocenters. The molecule has 0 radical (unpaired) electrons. The highest BCUT2D eigenvalue weighted by molar-refractivity contribution is 6.01. The van der Waals surface area contributed by atoms with E-state index in [1.165, 1.54) is 17.0 Å². The van der Waals surface area contributed by atoms with Gasteiger partial charge in [-0.2, -0.15) is 0 Å². The molecule has 0 saturated carbocycles. The minimum atomic E-state index is -0.405. The van der Waals surface area contributed by atoms with Crippen LogP contribution in [0.1, 0.15) is 36.3 Å². The van der Waals surface area contributed by atoms with Gasteiger partial charge in [-0.05, 0) is 50.1 Å². The maximum absolute atomic E-state index is 13.5. The molecule has 1 aliphatic heterocycles. The standard InChI is InChI=1S/C22H21FN2O3/c1-13-17-11-16(23)8-9-19(17)28-22(13)14(2)24-20(26)12-25-18-6-4-3-5-15(18)7-10-21(25)27/h3-6,8-9,11,14H,7,10,12H2,1-2H3,(H,24,26).